The van der Waals surface area contributed by atoms with Crippen LogP contribution in [0.3, 0.4) is 0 Å². The Bertz CT molecular complexity index is 1330. The number of amides is 1. The van der Waals surface area contributed by atoms with Crippen LogP contribution in [0.2, 0.25) is 10.0 Å². The van der Waals surface area contributed by atoms with Gasteiger partial charge in [-0.2, -0.15) is 0 Å². The summed E-state index contributed by atoms with van der Waals surface area (Å²) in [7, 11) is 1.73. The number of carbonyl (C=O) groups is 1. The third-order valence-corrected chi connectivity index (χ3v) is 7.05. The van der Waals surface area contributed by atoms with Crippen molar-refractivity contribution in [3.63, 3.8) is 0 Å². The minimum atomic E-state index is -0.927. The van der Waals surface area contributed by atoms with Gasteiger partial charge in [0, 0.05) is 40.5 Å². The Morgan fingerprint density at radius 2 is 1.79 bits per heavy atom. The Balaban J connectivity index is 1.57. The molecule has 1 unspecified atom stereocenters. The monoisotopic (exact) mass is 508 g/mol. The van der Waals surface area contributed by atoms with E-state index in [9.17, 15) is 4.79 Å². The molecule has 0 fully saturated rings. The van der Waals surface area contributed by atoms with E-state index in [1.54, 1.807) is 24.1 Å². The van der Waals surface area contributed by atoms with Gasteiger partial charge in [0.15, 0.2) is 5.11 Å². The van der Waals surface area contributed by atoms with E-state index in [4.69, 9.17) is 40.4 Å². The molecule has 0 aliphatic carbocycles. The van der Waals surface area contributed by atoms with Crippen LogP contribution in [0.1, 0.15) is 23.1 Å². The molecule has 3 aromatic rings. The fourth-order valence-electron chi connectivity index (χ4n) is 4.45. The predicted molar refractivity (Wildman–Crippen MR) is 144 cm³/mol. The molecule has 2 heterocycles. The zero-order chi connectivity index (χ0) is 23.8. The lowest BCUT2D eigenvalue weighted by Gasteiger charge is -2.33. The van der Waals surface area contributed by atoms with Crippen molar-refractivity contribution in [2.75, 3.05) is 23.4 Å². The number of anilines is 2. The number of fused-ring (bicyclic) bond motifs is 2. The fourth-order valence-corrected chi connectivity index (χ4v) is 5.15. The molecule has 3 aromatic carbocycles. The van der Waals surface area contributed by atoms with Crippen LogP contribution in [0.4, 0.5) is 11.4 Å². The molecule has 0 aromatic heterocycles. The Hall–Kier alpha value is -2.93. The number of aryl methyl sites for hydroxylation is 1. The second kappa shape index (κ2) is 9.37. The first-order valence-corrected chi connectivity index (χ1v) is 12.2. The van der Waals surface area contributed by atoms with E-state index in [1.807, 2.05) is 47.4 Å². The second-order valence-electron chi connectivity index (χ2n) is 8.25. The van der Waals surface area contributed by atoms with Gasteiger partial charge in [-0.05, 0) is 61.0 Å². The molecule has 1 amide bonds. The normalized spacial score (nSPS) is 17.4. The van der Waals surface area contributed by atoms with Gasteiger partial charge < -0.3 is 15.1 Å². The van der Waals surface area contributed by atoms with Crippen molar-refractivity contribution in [1.29, 1.82) is 0 Å². The Morgan fingerprint density at radius 1 is 1.03 bits per heavy atom. The van der Waals surface area contributed by atoms with Crippen LogP contribution in [-0.4, -0.2) is 36.5 Å². The van der Waals surface area contributed by atoms with Gasteiger partial charge in [0.25, 0.3) is 5.91 Å². The maximum Gasteiger partial charge on any atom is 0.272 e. The van der Waals surface area contributed by atoms with Crippen LogP contribution in [0.5, 0.6) is 0 Å². The Labute approximate surface area is 214 Å². The van der Waals surface area contributed by atoms with E-state index in [0.29, 0.717) is 26.6 Å². The third-order valence-electron chi connectivity index (χ3n) is 6.14. The highest BCUT2D eigenvalue weighted by Crippen LogP contribution is 2.32. The van der Waals surface area contributed by atoms with E-state index in [-0.39, 0.29) is 5.91 Å². The number of nitrogens with zero attached hydrogens (tertiary/aromatic N) is 3. The standard InChI is InChI=1S/C26H22Cl2N4OS/c1-31-22-13-12-17(27)15-19(22)23(18-9-3-4-10-20(18)28)29-24(25(31)33)30-26(34)32-14-6-8-16-7-2-5-11-21(16)32/h2-5,7,9-13,15,24H,6,8,14H2,1H3,(H,30,34). The number of halogens is 2. The smallest absolute Gasteiger partial charge is 0.272 e. The summed E-state index contributed by atoms with van der Waals surface area (Å²) in [5.41, 5.74) is 5.04. The summed E-state index contributed by atoms with van der Waals surface area (Å²) in [6.45, 7) is 0.774. The first-order chi connectivity index (χ1) is 16.4. The van der Waals surface area contributed by atoms with Crippen LogP contribution in [-0.2, 0) is 11.2 Å². The molecule has 0 spiro atoms. The van der Waals surface area contributed by atoms with Crippen LogP contribution in [0.15, 0.2) is 71.7 Å². The number of benzene rings is 3. The highest BCUT2D eigenvalue weighted by Gasteiger charge is 2.32. The third kappa shape index (κ3) is 4.17. The van der Waals surface area contributed by atoms with Gasteiger partial charge in [0.05, 0.1) is 11.4 Å². The second-order valence-corrected chi connectivity index (χ2v) is 9.48. The number of carbonyl (C=O) groups excluding carboxylic acids is 1. The van der Waals surface area contributed by atoms with Gasteiger partial charge in [0.2, 0.25) is 6.17 Å². The van der Waals surface area contributed by atoms with Crippen LogP contribution < -0.4 is 15.1 Å². The number of para-hydroxylation sites is 1. The van der Waals surface area contributed by atoms with Gasteiger partial charge in [-0.3, -0.25) is 4.79 Å². The molecule has 5 rings (SSSR count). The highest BCUT2D eigenvalue weighted by atomic mass is 35.5. The largest absolute Gasteiger partial charge is 0.333 e. The number of benzodiazepines with no additional fused rings is 1. The molecule has 0 saturated heterocycles. The van der Waals surface area contributed by atoms with Crippen molar-refractivity contribution in [1.82, 2.24) is 5.32 Å². The number of hydrogen-bond acceptors (Lipinski definition) is 3. The molecule has 2 aliphatic rings. The number of nitrogens with one attached hydrogen (secondary N) is 1. The lowest BCUT2D eigenvalue weighted by Crippen LogP contribution is -2.51. The minimum Gasteiger partial charge on any atom is -0.333 e. The van der Waals surface area contributed by atoms with Crippen molar-refractivity contribution in [2.24, 2.45) is 4.99 Å². The molecule has 1 N–H and O–H groups in total. The van der Waals surface area contributed by atoms with Crippen molar-refractivity contribution in [3.05, 3.63) is 93.5 Å². The van der Waals surface area contributed by atoms with Crippen molar-refractivity contribution >= 4 is 63.5 Å². The molecule has 34 heavy (non-hydrogen) atoms. The summed E-state index contributed by atoms with van der Waals surface area (Å²) < 4.78 is 0. The number of aliphatic imine (C=N–C) groups is 1. The van der Waals surface area contributed by atoms with Gasteiger partial charge in [-0.25, -0.2) is 4.99 Å². The topological polar surface area (TPSA) is 47.9 Å². The summed E-state index contributed by atoms with van der Waals surface area (Å²) >= 11 is 18.7. The van der Waals surface area contributed by atoms with Crippen LogP contribution in [0.25, 0.3) is 0 Å². The fraction of sp³-hybridized carbons (Fsp3) is 0.192. The van der Waals surface area contributed by atoms with Crippen LogP contribution >= 0.6 is 35.4 Å². The number of thiocarbonyl (C=S) groups is 1. The molecule has 172 valence electrons. The van der Waals surface area contributed by atoms with Gasteiger partial charge in [0.1, 0.15) is 0 Å². The average Bonchev–Trinajstić information content (AvgIpc) is 2.94. The van der Waals surface area contributed by atoms with Crippen molar-refractivity contribution in [2.45, 2.75) is 19.0 Å². The van der Waals surface area contributed by atoms with E-state index >= 15 is 0 Å². The summed E-state index contributed by atoms with van der Waals surface area (Å²) in [5, 5.41) is 4.77. The molecule has 0 radical (unpaired) electrons. The zero-order valence-electron chi connectivity index (χ0n) is 18.5. The van der Waals surface area contributed by atoms with E-state index in [0.717, 1.165) is 36.2 Å². The van der Waals surface area contributed by atoms with Gasteiger partial charge >= 0.3 is 0 Å². The summed E-state index contributed by atoms with van der Waals surface area (Å²) in [5.74, 6) is -0.224. The lowest BCUT2D eigenvalue weighted by molar-refractivity contribution is -0.119. The van der Waals surface area contributed by atoms with E-state index in [1.165, 1.54) is 5.56 Å². The summed E-state index contributed by atoms with van der Waals surface area (Å²) in [6.07, 6.45) is 1.06. The van der Waals surface area contributed by atoms with Gasteiger partial charge in [-0.15, -0.1) is 0 Å². The van der Waals surface area contributed by atoms with Crippen molar-refractivity contribution < 1.29 is 4.79 Å². The molecule has 5 nitrogen and oxygen atoms in total. The maximum absolute atomic E-state index is 13.5. The Kier molecular flexibility index (Phi) is 6.30. The van der Waals surface area contributed by atoms with Crippen LogP contribution in [0, 0.1) is 0 Å². The summed E-state index contributed by atoms with van der Waals surface area (Å²) in [4.78, 5) is 22.0. The van der Waals surface area contributed by atoms with Gasteiger partial charge in [-0.1, -0.05) is 59.6 Å². The molecular formula is C26H22Cl2N4OS. The molecule has 2 aliphatic heterocycles. The predicted octanol–water partition coefficient (Wildman–Crippen LogP) is 5.46. The van der Waals surface area contributed by atoms with E-state index < -0.39 is 6.17 Å². The minimum absolute atomic E-state index is 0.224. The molecule has 1 atom stereocenters. The number of rotatable bonds is 2. The molecule has 0 saturated carbocycles. The lowest BCUT2D eigenvalue weighted by atomic mass is 10.00. The average molecular weight is 509 g/mol. The maximum atomic E-state index is 13.5. The molecule has 8 heteroatoms. The summed E-state index contributed by atoms with van der Waals surface area (Å²) in [6, 6.07) is 21.0. The van der Waals surface area contributed by atoms with Crippen molar-refractivity contribution in [3.8, 4) is 0 Å². The van der Waals surface area contributed by atoms with E-state index in [2.05, 4.69) is 17.4 Å². The first kappa shape index (κ1) is 22.8. The number of hydrogen-bond donors (Lipinski definition) is 1. The SMILES string of the molecule is CN1C(=O)C(NC(=S)N2CCCc3ccccc32)N=C(c2ccccc2Cl)c2cc(Cl)ccc21. The molecular weight excluding hydrogens is 487 g/mol. The molecule has 0 bridgehead atoms. The number of likely N-dealkylation sites (N-methyl/N-ethyl adjacent to an activating group) is 1. The quantitative estimate of drug-likeness (QED) is 0.466. The zero-order valence-corrected chi connectivity index (χ0v) is 20.8. The first-order valence-electron chi connectivity index (χ1n) is 11.0. The Morgan fingerprint density at radius 3 is 2.62 bits per heavy atom. The highest BCUT2D eigenvalue weighted by molar-refractivity contribution is 7.80.